The second-order valence-electron chi connectivity index (χ2n) is 5.20. The normalized spacial score (nSPS) is 24.0. The molecule has 1 unspecified atom stereocenters. The molecule has 1 aliphatic rings. The molecule has 11 heavy (non-hydrogen) atoms. The lowest BCUT2D eigenvalue weighted by Gasteiger charge is -2.30. The Kier molecular flexibility index (Phi) is 2.79. The van der Waals surface area contributed by atoms with E-state index in [2.05, 4.69) is 26.6 Å². The zero-order valence-electron chi connectivity index (χ0n) is 8.48. The molecule has 0 radical (unpaired) electrons. The fourth-order valence-corrected chi connectivity index (χ4v) is 3.91. The van der Waals surface area contributed by atoms with Crippen molar-refractivity contribution in [3.63, 3.8) is 0 Å². The summed E-state index contributed by atoms with van der Waals surface area (Å²) in [5.41, 5.74) is 1.05. The molecule has 0 aromatic rings. The van der Waals surface area contributed by atoms with Crippen LogP contribution in [0.1, 0.15) is 32.6 Å². The summed E-state index contributed by atoms with van der Waals surface area (Å²) >= 11 is 0. The summed E-state index contributed by atoms with van der Waals surface area (Å²) in [4.78, 5) is 0. The van der Waals surface area contributed by atoms with Crippen molar-refractivity contribution in [2.24, 2.45) is 5.92 Å². The molecule has 0 spiro atoms. The molecule has 1 rings (SSSR count). The summed E-state index contributed by atoms with van der Waals surface area (Å²) in [6.45, 7) is 10.0. The molecule has 1 saturated carbocycles. The van der Waals surface area contributed by atoms with Gasteiger partial charge in [0.15, 0.2) is 0 Å². The average molecular weight is 170 g/mol. The molecule has 0 aromatic carbocycles. The third-order valence-corrected chi connectivity index (χ3v) is 6.68. The van der Waals surface area contributed by atoms with Crippen LogP contribution in [-0.2, 0) is 0 Å². The lowest BCUT2D eigenvalue weighted by atomic mass is 10.1. The molecular weight excluding hydrogens is 148 g/mol. The van der Waals surface area contributed by atoms with Crippen LogP contribution >= 0.6 is 0 Å². The lowest BCUT2D eigenvalue weighted by molar-refractivity contribution is 0.517. The van der Waals surface area contributed by atoms with Crippen LogP contribution < -0.4 is 0 Å². The van der Waals surface area contributed by atoms with Crippen LogP contribution in [0.15, 0.2) is 0 Å². The molecule has 0 heterocycles. The standard InChI is InChI=1S/C10H22Si/c1-9(11(2,3)4)10-7-5-6-8-10/h9-10H,5-8H2,1-4H3. The summed E-state index contributed by atoms with van der Waals surface area (Å²) in [6, 6.07) is 0. The van der Waals surface area contributed by atoms with E-state index >= 15 is 0 Å². The molecule has 0 N–H and O–H groups in total. The molecule has 0 aromatic heterocycles. The van der Waals surface area contributed by atoms with Gasteiger partial charge in [-0.25, -0.2) is 0 Å². The SMILES string of the molecule is CC(C1CCCC1)[Si](C)(C)C. The Labute approximate surface area is 72.4 Å². The van der Waals surface area contributed by atoms with Crippen molar-refractivity contribution in [2.45, 2.75) is 57.8 Å². The van der Waals surface area contributed by atoms with E-state index < -0.39 is 8.07 Å². The molecular formula is C10H22Si. The smallest absolute Gasteiger partial charge is 0.0473 e. The highest BCUT2D eigenvalue weighted by atomic mass is 28.3. The van der Waals surface area contributed by atoms with Gasteiger partial charge in [-0.3, -0.25) is 0 Å². The van der Waals surface area contributed by atoms with E-state index in [0.29, 0.717) is 0 Å². The van der Waals surface area contributed by atoms with Gasteiger partial charge in [-0.05, 0) is 11.5 Å². The Balaban J connectivity index is 2.46. The maximum atomic E-state index is 2.51. The Morgan fingerprint density at radius 3 is 1.91 bits per heavy atom. The van der Waals surface area contributed by atoms with Gasteiger partial charge in [0, 0.05) is 8.07 Å². The van der Waals surface area contributed by atoms with E-state index in [9.17, 15) is 0 Å². The van der Waals surface area contributed by atoms with Gasteiger partial charge in [0.1, 0.15) is 0 Å². The second kappa shape index (κ2) is 3.30. The van der Waals surface area contributed by atoms with Crippen molar-refractivity contribution >= 4 is 8.07 Å². The third-order valence-electron chi connectivity index (χ3n) is 3.47. The van der Waals surface area contributed by atoms with Crippen molar-refractivity contribution in [3.05, 3.63) is 0 Å². The summed E-state index contributed by atoms with van der Waals surface area (Å²) in [6.07, 6.45) is 6.04. The van der Waals surface area contributed by atoms with E-state index in [1.165, 1.54) is 25.7 Å². The average Bonchev–Trinajstić information content (AvgIpc) is 2.34. The molecule has 0 nitrogen and oxygen atoms in total. The highest BCUT2D eigenvalue weighted by molar-refractivity contribution is 6.77. The topological polar surface area (TPSA) is 0 Å². The van der Waals surface area contributed by atoms with E-state index in [4.69, 9.17) is 0 Å². The second-order valence-corrected chi connectivity index (χ2v) is 10.8. The number of hydrogen-bond donors (Lipinski definition) is 0. The Hall–Kier alpha value is 0.217. The Morgan fingerprint density at radius 2 is 1.55 bits per heavy atom. The van der Waals surface area contributed by atoms with Crippen molar-refractivity contribution in [1.29, 1.82) is 0 Å². The first-order valence-corrected chi connectivity index (χ1v) is 8.59. The minimum Gasteiger partial charge on any atom is -0.0693 e. The van der Waals surface area contributed by atoms with Crippen LogP contribution in [0.2, 0.25) is 25.2 Å². The van der Waals surface area contributed by atoms with Crippen molar-refractivity contribution < 1.29 is 0 Å². The zero-order valence-corrected chi connectivity index (χ0v) is 9.48. The van der Waals surface area contributed by atoms with Gasteiger partial charge in [0.25, 0.3) is 0 Å². The van der Waals surface area contributed by atoms with E-state index in [0.717, 1.165) is 11.5 Å². The van der Waals surface area contributed by atoms with Crippen LogP contribution in [0, 0.1) is 5.92 Å². The van der Waals surface area contributed by atoms with Crippen LogP contribution in [0.5, 0.6) is 0 Å². The van der Waals surface area contributed by atoms with Gasteiger partial charge in [-0.15, -0.1) is 0 Å². The number of hydrogen-bond acceptors (Lipinski definition) is 0. The van der Waals surface area contributed by atoms with E-state index in [-0.39, 0.29) is 0 Å². The van der Waals surface area contributed by atoms with E-state index in [1.807, 2.05) is 0 Å². The molecule has 1 atom stereocenters. The van der Waals surface area contributed by atoms with Crippen molar-refractivity contribution in [1.82, 2.24) is 0 Å². The van der Waals surface area contributed by atoms with E-state index in [1.54, 1.807) is 0 Å². The molecule has 1 heteroatoms. The van der Waals surface area contributed by atoms with Gasteiger partial charge < -0.3 is 0 Å². The number of rotatable bonds is 2. The van der Waals surface area contributed by atoms with Crippen LogP contribution in [-0.4, -0.2) is 8.07 Å². The van der Waals surface area contributed by atoms with Crippen LogP contribution in [0.4, 0.5) is 0 Å². The molecule has 0 saturated heterocycles. The highest BCUT2D eigenvalue weighted by Gasteiger charge is 2.31. The molecule has 1 fully saturated rings. The van der Waals surface area contributed by atoms with Gasteiger partial charge in [-0.2, -0.15) is 0 Å². The predicted molar refractivity (Wildman–Crippen MR) is 54.7 cm³/mol. The summed E-state index contributed by atoms with van der Waals surface area (Å²) in [5.74, 6) is 1.08. The first kappa shape index (κ1) is 9.31. The Bertz CT molecular complexity index is 117. The van der Waals surface area contributed by atoms with Crippen LogP contribution in [0.25, 0.3) is 0 Å². The molecule has 1 aliphatic carbocycles. The van der Waals surface area contributed by atoms with Crippen molar-refractivity contribution in [2.75, 3.05) is 0 Å². The van der Waals surface area contributed by atoms with Gasteiger partial charge in [0.05, 0.1) is 0 Å². The van der Waals surface area contributed by atoms with Gasteiger partial charge >= 0.3 is 0 Å². The maximum absolute atomic E-state index is 2.51. The van der Waals surface area contributed by atoms with Gasteiger partial charge in [-0.1, -0.05) is 52.2 Å². The summed E-state index contributed by atoms with van der Waals surface area (Å²) < 4.78 is 0. The molecule has 66 valence electrons. The fourth-order valence-electron chi connectivity index (χ4n) is 2.16. The molecule has 0 amide bonds. The first-order chi connectivity index (χ1) is 5.02. The third kappa shape index (κ3) is 2.33. The maximum Gasteiger partial charge on any atom is 0.0473 e. The highest BCUT2D eigenvalue weighted by Crippen LogP contribution is 2.39. The zero-order chi connectivity index (χ0) is 8.48. The van der Waals surface area contributed by atoms with Gasteiger partial charge in [0.2, 0.25) is 0 Å². The quantitative estimate of drug-likeness (QED) is 0.551. The largest absolute Gasteiger partial charge is 0.0693 e. The molecule has 0 bridgehead atoms. The summed E-state index contributed by atoms with van der Waals surface area (Å²) in [5, 5.41) is 0. The minimum atomic E-state index is -0.826. The molecule has 0 aliphatic heterocycles. The minimum absolute atomic E-state index is 0.826. The lowest BCUT2D eigenvalue weighted by Crippen LogP contribution is -2.30. The predicted octanol–water partition coefficient (Wildman–Crippen LogP) is 3.90. The summed E-state index contributed by atoms with van der Waals surface area (Å²) in [7, 11) is -0.826. The van der Waals surface area contributed by atoms with Crippen LogP contribution in [0.3, 0.4) is 0 Å². The first-order valence-electron chi connectivity index (χ1n) is 5.02. The Morgan fingerprint density at radius 1 is 1.09 bits per heavy atom. The fraction of sp³-hybridized carbons (Fsp3) is 1.00. The van der Waals surface area contributed by atoms with Crippen molar-refractivity contribution in [3.8, 4) is 0 Å². The monoisotopic (exact) mass is 170 g/mol.